The fraction of sp³-hybridized carbons (Fsp3) is 0.0714. The molecule has 5 heteroatoms. The maximum atomic E-state index is 11.1. The Labute approximate surface area is 109 Å². The predicted molar refractivity (Wildman–Crippen MR) is 71.9 cm³/mol. The van der Waals surface area contributed by atoms with Gasteiger partial charge < -0.3 is 4.57 Å². The summed E-state index contributed by atoms with van der Waals surface area (Å²) in [7, 11) is 0. The summed E-state index contributed by atoms with van der Waals surface area (Å²) in [6, 6.07) is 12.6. The normalized spacial score (nSPS) is 10.7. The van der Waals surface area contributed by atoms with Gasteiger partial charge in [0.2, 0.25) is 0 Å². The van der Waals surface area contributed by atoms with Crippen LogP contribution in [0.4, 0.5) is 5.69 Å². The molecule has 0 atom stereocenters. The Kier molecular flexibility index (Phi) is 2.72. The van der Waals surface area contributed by atoms with Crippen LogP contribution in [-0.4, -0.2) is 14.5 Å². The van der Waals surface area contributed by atoms with Crippen molar-refractivity contribution in [1.82, 2.24) is 9.55 Å². The van der Waals surface area contributed by atoms with Gasteiger partial charge in [-0.1, -0.05) is 18.2 Å². The topological polar surface area (TPSA) is 61.0 Å². The molecule has 0 fully saturated rings. The van der Waals surface area contributed by atoms with Crippen molar-refractivity contribution in [1.29, 1.82) is 0 Å². The Hall–Kier alpha value is -2.69. The third-order valence-corrected chi connectivity index (χ3v) is 3.02. The Morgan fingerprint density at radius 1 is 1.16 bits per heavy atom. The van der Waals surface area contributed by atoms with Crippen molar-refractivity contribution < 1.29 is 4.92 Å². The fourth-order valence-electron chi connectivity index (χ4n) is 2.19. The van der Waals surface area contributed by atoms with Gasteiger partial charge in [0.05, 0.1) is 17.2 Å². The van der Waals surface area contributed by atoms with Crippen LogP contribution in [0.25, 0.3) is 10.9 Å². The zero-order chi connectivity index (χ0) is 13.2. The van der Waals surface area contributed by atoms with Gasteiger partial charge in [-0.15, -0.1) is 0 Å². The van der Waals surface area contributed by atoms with Gasteiger partial charge in [-0.25, -0.2) is 0 Å². The smallest absolute Gasteiger partial charge is 0.293 e. The van der Waals surface area contributed by atoms with Crippen LogP contribution in [0.1, 0.15) is 5.69 Å². The molecule has 5 nitrogen and oxygen atoms in total. The number of nitrogens with zero attached hydrogens (tertiary/aromatic N) is 3. The molecule has 1 aromatic carbocycles. The van der Waals surface area contributed by atoms with E-state index in [1.165, 1.54) is 6.07 Å². The first-order valence-electron chi connectivity index (χ1n) is 5.88. The third kappa shape index (κ3) is 2.06. The summed E-state index contributed by atoms with van der Waals surface area (Å²) >= 11 is 0. The molecule has 2 aromatic heterocycles. The second kappa shape index (κ2) is 4.53. The van der Waals surface area contributed by atoms with Crippen molar-refractivity contribution >= 4 is 16.6 Å². The zero-order valence-electron chi connectivity index (χ0n) is 10.1. The summed E-state index contributed by atoms with van der Waals surface area (Å²) in [5, 5.41) is 12.0. The van der Waals surface area contributed by atoms with Crippen molar-refractivity contribution in [3.05, 3.63) is 70.7 Å². The Morgan fingerprint density at radius 3 is 2.79 bits per heavy atom. The molecule has 0 aliphatic carbocycles. The summed E-state index contributed by atoms with van der Waals surface area (Å²) in [6.45, 7) is 0.523. The van der Waals surface area contributed by atoms with Crippen LogP contribution in [0.2, 0.25) is 0 Å². The lowest BCUT2D eigenvalue weighted by atomic mass is 10.2. The minimum Gasteiger partial charge on any atom is -0.336 e. The Balaban J connectivity index is 2.12. The minimum atomic E-state index is -0.350. The number of nitro benzene ring substituents is 1. The number of fused-ring (bicyclic) bond motifs is 1. The Morgan fingerprint density at radius 2 is 2.05 bits per heavy atom. The van der Waals surface area contributed by atoms with Gasteiger partial charge in [0, 0.05) is 23.8 Å². The number of aromatic nitrogens is 2. The number of para-hydroxylation sites is 1. The highest BCUT2D eigenvalue weighted by Crippen LogP contribution is 2.26. The Bertz CT molecular complexity index is 735. The molecule has 0 aliphatic heterocycles. The highest BCUT2D eigenvalue weighted by Gasteiger charge is 2.15. The maximum absolute atomic E-state index is 11.1. The molecule has 3 aromatic rings. The largest absolute Gasteiger partial charge is 0.336 e. The molecular formula is C14H11N3O2. The monoisotopic (exact) mass is 253 g/mol. The SMILES string of the molecule is O=[N+]([O-])c1cccc2ccn(Cc3ccccn3)c12. The summed E-state index contributed by atoms with van der Waals surface area (Å²) in [4.78, 5) is 15.0. The fourth-order valence-corrected chi connectivity index (χ4v) is 2.19. The first-order chi connectivity index (χ1) is 9.25. The highest BCUT2D eigenvalue weighted by molar-refractivity contribution is 5.88. The zero-order valence-corrected chi connectivity index (χ0v) is 10.1. The first kappa shape index (κ1) is 11.4. The van der Waals surface area contributed by atoms with Crippen LogP contribution < -0.4 is 0 Å². The van der Waals surface area contributed by atoms with Crippen LogP contribution in [0.3, 0.4) is 0 Å². The minimum absolute atomic E-state index is 0.124. The van der Waals surface area contributed by atoms with E-state index in [9.17, 15) is 10.1 Å². The van der Waals surface area contributed by atoms with Crippen molar-refractivity contribution in [3.8, 4) is 0 Å². The van der Waals surface area contributed by atoms with Crippen molar-refractivity contribution in [2.24, 2.45) is 0 Å². The molecule has 0 spiro atoms. The summed E-state index contributed by atoms with van der Waals surface area (Å²) < 4.78 is 1.86. The van der Waals surface area contributed by atoms with E-state index in [4.69, 9.17) is 0 Å². The van der Waals surface area contributed by atoms with Gasteiger partial charge in [-0.2, -0.15) is 0 Å². The lowest BCUT2D eigenvalue weighted by Gasteiger charge is -2.05. The number of nitro groups is 1. The first-order valence-corrected chi connectivity index (χ1v) is 5.88. The average Bonchev–Trinajstić information content (AvgIpc) is 2.83. The van der Waals surface area contributed by atoms with E-state index in [0.717, 1.165) is 11.1 Å². The third-order valence-electron chi connectivity index (χ3n) is 3.02. The number of hydrogen-bond donors (Lipinski definition) is 0. The number of rotatable bonds is 3. The van der Waals surface area contributed by atoms with Gasteiger partial charge in [0.25, 0.3) is 5.69 Å². The number of pyridine rings is 1. The van der Waals surface area contributed by atoms with E-state index in [0.29, 0.717) is 12.1 Å². The number of benzene rings is 1. The van der Waals surface area contributed by atoms with Crippen molar-refractivity contribution in [3.63, 3.8) is 0 Å². The molecule has 0 N–H and O–H groups in total. The van der Waals surface area contributed by atoms with Crippen LogP contribution in [-0.2, 0) is 6.54 Å². The van der Waals surface area contributed by atoms with Gasteiger partial charge in [-0.3, -0.25) is 15.1 Å². The average molecular weight is 253 g/mol. The maximum Gasteiger partial charge on any atom is 0.293 e. The summed E-state index contributed by atoms with van der Waals surface area (Å²) in [5.74, 6) is 0. The van der Waals surface area contributed by atoms with Gasteiger partial charge in [0.1, 0.15) is 5.52 Å². The molecule has 0 saturated heterocycles. The molecule has 0 unspecified atom stereocenters. The molecular weight excluding hydrogens is 242 g/mol. The van der Waals surface area contributed by atoms with Crippen molar-refractivity contribution in [2.45, 2.75) is 6.54 Å². The second-order valence-corrected chi connectivity index (χ2v) is 4.24. The summed E-state index contributed by atoms with van der Waals surface area (Å²) in [5.41, 5.74) is 1.63. The molecule has 0 radical (unpaired) electrons. The van der Waals surface area contributed by atoms with Crippen LogP contribution in [0.15, 0.2) is 54.9 Å². The molecule has 0 saturated carbocycles. The molecule has 3 rings (SSSR count). The van der Waals surface area contributed by atoms with Gasteiger partial charge >= 0.3 is 0 Å². The van der Waals surface area contributed by atoms with Crippen LogP contribution in [0, 0.1) is 10.1 Å². The van der Waals surface area contributed by atoms with E-state index < -0.39 is 0 Å². The van der Waals surface area contributed by atoms with E-state index in [1.807, 2.05) is 41.1 Å². The molecule has 0 bridgehead atoms. The standard InChI is InChI=1S/C14H11N3O2/c18-17(19)13-6-3-4-11-7-9-16(14(11)13)10-12-5-1-2-8-15-12/h1-9H,10H2. The van der Waals surface area contributed by atoms with Gasteiger partial charge in [-0.05, 0) is 18.2 Å². The van der Waals surface area contributed by atoms with E-state index in [1.54, 1.807) is 12.3 Å². The van der Waals surface area contributed by atoms with E-state index in [2.05, 4.69) is 4.98 Å². The number of non-ortho nitro benzene ring substituents is 1. The molecule has 0 aliphatic rings. The lowest BCUT2D eigenvalue weighted by molar-refractivity contribution is -0.383. The van der Waals surface area contributed by atoms with Gasteiger partial charge in [0.15, 0.2) is 0 Å². The lowest BCUT2D eigenvalue weighted by Crippen LogP contribution is -2.01. The number of hydrogen-bond acceptors (Lipinski definition) is 3. The summed E-state index contributed by atoms with van der Waals surface area (Å²) in [6.07, 6.45) is 3.57. The van der Waals surface area contributed by atoms with Crippen LogP contribution >= 0.6 is 0 Å². The molecule has 19 heavy (non-hydrogen) atoms. The molecule has 94 valence electrons. The van der Waals surface area contributed by atoms with Crippen molar-refractivity contribution in [2.75, 3.05) is 0 Å². The van der Waals surface area contributed by atoms with Crippen LogP contribution in [0.5, 0.6) is 0 Å². The van der Waals surface area contributed by atoms with E-state index in [-0.39, 0.29) is 10.6 Å². The predicted octanol–water partition coefficient (Wildman–Crippen LogP) is 2.99. The second-order valence-electron chi connectivity index (χ2n) is 4.24. The van der Waals surface area contributed by atoms with E-state index >= 15 is 0 Å². The molecule has 0 amide bonds. The quantitative estimate of drug-likeness (QED) is 0.532. The highest BCUT2D eigenvalue weighted by atomic mass is 16.6. The molecule has 2 heterocycles.